The fraction of sp³-hybridized carbons (Fsp3) is 0.529. The van der Waals surface area contributed by atoms with Crippen LogP contribution in [-0.4, -0.2) is 36.7 Å². The molecular weight excluding hydrogens is 282 g/mol. The summed E-state index contributed by atoms with van der Waals surface area (Å²) in [5, 5.41) is 2.93. The quantitative estimate of drug-likeness (QED) is 0.782. The first-order valence-corrected chi connectivity index (χ1v) is 7.47. The molecule has 1 N–H and O–H groups in total. The molecule has 0 saturated carbocycles. The molecule has 0 saturated heterocycles. The molecule has 0 heterocycles. The van der Waals surface area contributed by atoms with Gasteiger partial charge in [-0.15, -0.1) is 0 Å². The summed E-state index contributed by atoms with van der Waals surface area (Å²) in [7, 11) is 0. The van der Waals surface area contributed by atoms with Gasteiger partial charge in [-0.2, -0.15) is 0 Å². The highest BCUT2D eigenvalue weighted by Gasteiger charge is 2.25. The monoisotopic (exact) mass is 307 g/mol. The third-order valence-corrected chi connectivity index (χ3v) is 2.77. The van der Waals surface area contributed by atoms with Gasteiger partial charge >= 0.3 is 11.9 Å². The Kier molecular flexibility index (Phi) is 7.05. The number of rotatable bonds is 7. The molecule has 5 heteroatoms. The highest BCUT2D eigenvalue weighted by molar-refractivity contribution is 5.78. The maximum atomic E-state index is 12.3. The smallest absolute Gasteiger partial charge is 0.324 e. The van der Waals surface area contributed by atoms with Gasteiger partial charge in [0.05, 0.1) is 13.2 Å². The van der Waals surface area contributed by atoms with Crippen LogP contribution in [0.4, 0.5) is 0 Å². The van der Waals surface area contributed by atoms with Crippen molar-refractivity contribution >= 4 is 11.9 Å². The van der Waals surface area contributed by atoms with Crippen molar-refractivity contribution in [2.75, 3.05) is 13.2 Å². The lowest BCUT2D eigenvalue weighted by atomic mass is 10.1. The average Bonchev–Trinajstić information content (AvgIpc) is 2.43. The fourth-order valence-electron chi connectivity index (χ4n) is 1.88. The molecule has 0 amide bonds. The lowest BCUT2D eigenvalue weighted by Crippen LogP contribution is -2.45. The van der Waals surface area contributed by atoms with Crippen LogP contribution in [0.5, 0.6) is 0 Å². The second-order valence-electron chi connectivity index (χ2n) is 5.96. The molecule has 1 aromatic carbocycles. The maximum absolute atomic E-state index is 12.3. The van der Waals surface area contributed by atoms with Gasteiger partial charge in [0.2, 0.25) is 0 Å². The minimum Gasteiger partial charge on any atom is -0.465 e. The molecule has 22 heavy (non-hydrogen) atoms. The van der Waals surface area contributed by atoms with Crippen LogP contribution in [0, 0.1) is 0 Å². The van der Waals surface area contributed by atoms with Crippen molar-refractivity contribution in [1.29, 1.82) is 0 Å². The molecule has 0 fully saturated rings. The van der Waals surface area contributed by atoms with Crippen molar-refractivity contribution < 1.29 is 19.1 Å². The third kappa shape index (κ3) is 7.22. The fourth-order valence-corrected chi connectivity index (χ4v) is 1.88. The molecular formula is C17H25NO4. The molecule has 1 atom stereocenters. The van der Waals surface area contributed by atoms with Crippen molar-refractivity contribution in [3.05, 3.63) is 35.9 Å². The number of carbonyl (C=O) groups excluding carboxylic acids is 2. The van der Waals surface area contributed by atoms with Crippen LogP contribution in [0.1, 0.15) is 33.3 Å². The van der Waals surface area contributed by atoms with E-state index < -0.39 is 11.6 Å². The summed E-state index contributed by atoms with van der Waals surface area (Å²) in [6.07, 6.45) is 0.454. The first kappa shape index (κ1) is 18.2. The number of esters is 2. The summed E-state index contributed by atoms with van der Waals surface area (Å²) in [5.74, 6) is -0.759. The van der Waals surface area contributed by atoms with Crippen molar-refractivity contribution in [3.63, 3.8) is 0 Å². The Morgan fingerprint density at radius 1 is 1.18 bits per heavy atom. The Balaban J connectivity index is 2.71. The highest BCUT2D eigenvalue weighted by atomic mass is 16.6. The van der Waals surface area contributed by atoms with Gasteiger partial charge in [0.1, 0.15) is 11.6 Å². The molecule has 122 valence electrons. The van der Waals surface area contributed by atoms with Crippen molar-refractivity contribution in [1.82, 2.24) is 5.32 Å². The third-order valence-electron chi connectivity index (χ3n) is 2.77. The summed E-state index contributed by atoms with van der Waals surface area (Å²) in [4.78, 5) is 23.8. The second-order valence-corrected chi connectivity index (χ2v) is 5.96. The number of hydrogen-bond acceptors (Lipinski definition) is 5. The number of ether oxygens (including phenoxy) is 2. The van der Waals surface area contributed by atoms with E-state index in [2.05, 4.69) is 5.32 Å². The maximum Gasteiger partial charge on any atom is 0.324 e. The Bertz CT molecular complexity index is 479. The van der Waals surface area contributed by atoms with Crippen LogP contribution < -0.4 is 5.32 Å². The molecule has 0 radical (unpaired) electrons. The van der Waals surface area contributed by atoms with Gasteiger partial charge in [0, 0.05) is 0 Å². The van der Waals surface area contributed by atoms with Gasteiger partial charge in [-0.3, -0.25) is 14.9 Å². The van der Waals surface area contributed by atoms with Crippen molar-refractivity contribution in [2.24, 2.45) is 0 Å². The number of benzene rings is 1. The summed E-state index contributed by atoms with van der Waals surface area (Å²) < 4.78 is 10.3. The predicted octanol–water partition coefficient (Wildman–Crippen LogP) is 2.09. The van der Waals surface area contributed by atoms with E-state index in [9.17, 15) is 9.59 Å². The van der Waals surface area contributed by atoms with Crippen LogP contribution in [0.25, 0.3) is 0 Å². The van der Waals surface area contributed by atoms with Gasteiger partial charge < -0.3 is 9.47 Å². The molecule has 0 aromatic heterocycles. The number of nitrogens with one attached hydrogen (secondary N) is 1. The Morgan fingerprint density at radius 2 is 1.82 bits per heavy atom. The van der Waals surface area contributed by atoms with Crippen molar-refractivity contribution in [2.45, 2.75) is 45.8 Å². The molecule has 0 aliphatic heterocycles. The molecule has 5 nitrogen and oxygen atoms in total. The first-order chi connectivity index (χ1) is 10.3. The minimum absolute atomic E-state index is 0.0232. The largest absolute Gasteiger partial charge is 0.465 e. The predicted molar refractivity (Wildman–Crippen MR) is 84.4 cm³/mol. The van der Waals surface area contributed by atoms with E-state index >= 15 is 0 Å². The van der Waals surface area contributed by atoms with E-state index in [1.54, 1.807) is 6.92 Å². The topological polar surface area (TPSA) is 64.6 Å². The zero-order valence-corrected chi connectivity index (χ0v) is 13.7. The van der Waals surface area contributed by atoms with E-state index in [-0.39, 0.29) is 18.5 Å². The van der Waals surface area contributed by atoms with E-state index in [0.717, 1.165) is 5.56 Å². The summed E-state index contributed by atoms with van der Waals surface area (Å²) in [6.45, 7) is 7.48. The van der Waals surface area contributed by atoms with E-state index in [0.29, 0.717) is 13.0 Å². The van der Waals surface area contributed by atoms with Crippen molar-refractivity contribution in [3.8, 4) is 0 Å². The number of hydrogen-bond donors (Lipinski definition) is 1. The Morgan fingerprint density at radius 3 is 2.36 bits per heavy atom. The van der Waals surface area contributed by atoms with Crippen LogP contribution >= 0.6 is 0 Å². The average molecular weight is 307 g/mol. The summed E-state index contributed by atoms with van der Waals surface area (Å²) >= 11 is 0. The van der Waals surface area contributed by atoms with Crippen LogP contribution in [0.2, 0.25) is 0 Å². The van der Waals surface area contributed by atoms with E-state index in [1.807, 2.05) is 51.1 Å². The molecule has 1 rings (SSSR count). The van der Waals surface area contributed by atoms with Crippen LogP contribution in [0.3, 0.4) is 0 Å². The van der Waals surface area contributed by atoms with Gasteiger partial charge in [-0.25, -0.2) is 0 Å². The SMILES string of the molecule is CCOC(=O)CNC(Cc1ccccc1)C(=O)OC(C)(C)C. The van der Waals surface area contributed by atoms with Gasteiger partial charge in [0.25, 0.3) is 0 Å². The van der Waals surface area contributed by atoms with Gasteiger partial charge in [-0.05, 0) is 39.7 Å². The normalized spacial score (nSPS) is 12.5. The molecule has 0 aliphatic carbocycles. The lowest BCUT2D eigenvalue weighted by molar-refractivity contribution is -0.157. The van der Waals surface area contributed by atoms with Crippen LogP contribution in [0.15, 0.2) is 30.3 Å². The standard InChI is InChI=1S/C17H25NO4/c1-5-21-15(19)12-18-14(16(20)22-17(2,3)4)11-13-9-7-6-8-10-13/h6-10,14,18H,5,11-12H2,1-4H3. The lowest BCUT2D eigenvalue weighted by Gasteiger charge is -2.24. The number of carbonyl (C=O) groups is 2. The van der Waals surface area contributed by atoms with Crippen LogP contribution in [-0.2, 0) is 25.5 Å². The summed E-state index contributed by atoms with van der Waals surface area (Å²) in [5.41, 5.74) is 0.423. The van der Waals surface area contributed by atoms with E-state index in [4.69, 9.17) is 9.47 Å². The van der Waals surface area contributed by atoms with E-state index in [1.165, 1.54) is 0 Å². The second kappa shape index (κ2) is 8.54. The van der Waals surface area contributed by atoms with Gasteiger partial charge in [-0.1, -0.05) is 30.3 Å². The molecule has 1 aromatic rings. The molecule has 0 aliphatic rings. The Hall–Kier alpha value is -1.88. The Labute approximate surface area is 132 Å². The zero-order valence-electron chi connectivity index (χ0n) is 13.7. The van der Waals surface area contributed by atoms with Gasteiger partial charge in [0.15, 0.2) is 0 Å². The minimum atomic E-state index is -0.592. The molecule has 0 bridgehead atoms. The summed E-state index contributed by atoms with van der Waals surface area (Å²) in [6, 6.07) is 9.01. The molecule has 1 unspecified atom stereocenters. The zero-order chi connectivity index (χ0) is 16.6. The first-order valence-electron chi connectivity index (χ1n) is 7.47. The molecule has 0 spiro atoms. The highest BCUT2D eigenvalue weighted by Crippen LogP contribution is 2.11.